The van der Waals surface area contributed by atoms with Crippen molar-refractivity contribution in [2.24, 2.45) is 0 Å². The summed E-state index contributed by atoms with van der Waals surface area (Å²) in [4.78, 5) is 10.4. The van der Waals surface area contributed by atoms with Gasteiger partial charge >= 0.3 is 5.97 Å². The molecule has 1 aromatic rings. The van der Waals surface area contributed by atoms with Crippen LogP contribution in [0.2, 0.25) is 0 Å². The minimum absolute atomic E-state index is 0.0282. The summed E-state index contributed by atoms with van der Waals surface area (Å²) in [6.07, 6.45) is 0.0282. The maximum atomic E-state index is 10.4. The van der Waals surface area contributed by atoms with Crippen LogP contribution in [-0.2, 0) is 10.2 Å². The van der Waals surface area contributed by atoms with E-state index in [1.165, 1.54) is 5.56 Å². The van der Waals surface area contributed by atoms with E-state index in [2.05, 4.69) is 26.8 Å². The number of carbonyl (C=O) groups is 1. The maximum absolute atomic E-state index is 10.4. The summed E-state index contributed by atoms with van der Waals surface area (Å²) in [5.74, 6) is -0.0757. The minimum Gasteiger partial charge on any atom is -0.493 e. The highest BCUT2D eigenvalue weighted by molar-refractivity contribution is 5.66. The first-order chi connectivity index (χ1) is 7.80. The van der Waals surface area contributed by atoms with Crippen molar-refractivity contribution >= 4 is 5.97 Å². The predicted octanol–water partition coefficient (Wildman–Crippen LogP) is 3.15. The lowest BCUT2D eigenvalue weighted by atomic mass is 9.86. The summed E-state index contributed by atoms with van der Waals surface area (Å²) in [5, 5.41) is 8.53. The van der Waals surface area contributed by atoms with Gasteiger partial charge < -0.3 is 9.84 Å². The Hall–Kier alpha value is -1.51. The van der Waals surface area contributed by atoms with Crippen molar-refractivity contribution in [1.82, 2.24) is 0 Å². The van der Waals surface area contributed by atoms with Crippen molar-refractivity contribution < 1.29 is 14.6 Å². The van der Waals surface area contributed by atoms with Crippen molar-refractivity contribution in [3.8, 4) is 5.75 Å². The van der Waals surface area contributed by atoms with Gasteiger partial charge in [0.15, 0.2) is 0 Å². The van der Waals surface area contributed by atoms with E-state index in [9.17, 15) is 4.79 Å². The fourth-order valence-electron chi connectivity index (χ4n) is 1.53. The monoisotopic (exact) mass is 236 g/mol. The second-order valence-electron chi connectivity index (χ2n) is 5.22. The third-order valence-corrected chi connectivity index (χ3v) is 2.61. The maximum Gasteiger partial charge on any atom is 0.306 e. The zero-order chi connectivity index (χ0) is 13.1. The second-order valence-corrected chi connectivity index (χ2v) is 5.22. The van der Waals surface area contributed by atoms with Crippen LogP contribution < -0.4 is 4.74 Å². The van der Waals surface area contributed by atoms with Gasteiger partial charge in [0.05, 0.1) is 13.0 Å². The van der Waals surface area contributed by atoms with E-state index in [1.807, 2.05) is 19.1 Å². The molecule has 0 heterocycles. The lowest BCUT2D eigenvalue weighted by Crippen LogP contribution is -2.11. The van der Waals surface area contributed by atoms with Gasteiger partial charge in [-0.25, -0.2) is 0 Å². The molecule has 0 aliphatic rings. The van der Waals surface area contributed by atoms with Crippen LogP contribution >= 0.6 is 0 Å². The Balaban J connectivity index is 2.73. The lowest BCUT2D eigenvalue weighted by molar-refractivity contribution is -0.137. The Bertz CT molecular complexity index is 402. The molecule has 0 saturated carbocycles. The summed E-state index contributed by atoms with van der Waals surface area (Å²) < 4.78 is 5.43. The van der Waals surface area contributed by atoms with Crippen molar-refractivity contribution in [1.29, 1.82) is 0 Å². The quantitative estimate of drug-likeness (QED) is 0.873. The molecule has 0 saturated heterocycles. The molecule has 17 heavy (non-hydrogen) atoms. The highest BCUT2D eigenvalue weighted by Crippen LogP contribution is 2.27. The average molecular weight is 236 g/mol. The zero-order valence-electron chi connectivity index (χ0n) is 10.9. The molecule has 1 aromatic carbocycles. The van der Waals surface area contributed by atoms with Crippen LogP contribution in [0, 0.1) is 6.92 Å². The van der Waals surface area contributed by atoms with Crippen LogP contribution in [0.4, 0.5) is 0 Å². The third kappa shape index (κ3) is 4.10. The van der Waals surface area contributed by atoms with Gasteiger partial charge in [0.25, 0.3) is 0 Å². The summed E-state index contributed by atoms with van der Waals surface area (Å²) in [7, 11) is 0. The molecule has 0 radical (unpaired) electrons. The van der Waals surface area contributed by atoms with Gasteiger partial charge in [-0.3, -0.25) is 4.79 Å². The number of carboxylic acid groups (broad SMARTS) is 1. The van der Waals surface area contributed by atoms with Gasteiger partial charge in [-0.05, 0) is 29.5 Å². The van der Waals surface area contributed by atoms with Crippen LogP contribution in [0.5, 0.6) is 5.75 Å². The fraction of sp³-hybridized carbons (Fsp3) is 0.500. The molecular weight excluding hydrogens is 216 g/mol. The summed E-state index contributed by atoms with van der Waals surface area (Å²) in [6, 6.07) is 6.04. The molecule has 0 spiro atoms. The molecule has 0 atom stereocenters. The Morgan fingerprint density at radius 2 is 2.00 bits per heavy atom. The molecule has 0 fully saturated rings. The van der Waals surface area contributed by atoms with Crippen molar-refractivity contribution in [3.63, 3.8) is 0 Å². The SMILES string of the molecule is Cc1cc(C(C)(C)C)ccc1OCCC(=O)O. The molecule has 0 bridgehead atoms. The number of benzene rings is 1. The molecule has 1 rings (SSSR count). The molecule has 0 aromatic heterocycles. The van der Waals surface area contributed by atoms with E-state index in [-0.39, 0.29) is 18.4 Å². The molecule has 0 aliphatic carbocycles. The van der Waals surface area contributed by atoms with Gasteiger partial charge in [0.2, 0.25) is 0 Å². The number of aryl methyl sites for hydroxylation is 1. The summed E-state index contributed by atoms with van der Waals surface area (Å²) in [5.41, 5.74) is 2.41. The zero-order valence-corrected chi connectivity index (χ0v) is 10.9. The molecule has 3 nitrogen and oxygen atoms in total. The van der Waals surface area contributed by atoms with Crippen molar-refractivity contribution in [2.75, 3.05) is 6.61 Å². The van der Waals surface area contributed by atoms with Gasteiger partial charge in [-0.15, -0.1) is 0 Å². The molecule has 94 valence electrons. The van der Waals surface area contributed by atoms with E-state index >= 15 is 0 Å². The smallest absolute Gasteiger partial charge is 0.306 e. The first kappa shape index (κ1) is 13.6. The van der Waals surface area contributed by atoms with Crippen molar-refractivity contribution in [3.05, 3.63) is 29.3 Å². The average Bonchev–Trinajstić information content (AvgIpc) is 2.18. The van der Waals surface area contributed by atoms with Crippen LogP contribution in [0.1, 0.15) is 38.3 Å². The Kier molecular flexibility index (Phi) is 4.16. The first-order valence-corrected chi connectivity index (χ1v) is 5.76. The van der Waals surface area contributed by atoms with Gasteiger partial charge in [0.1, 0.15) is 5.75 Å². The number of hydrogen-bond donors (Lipinski definition) is 1. The Morgan fingerprint density at radius 3 is 2.47 bits per heavy atom. The van der Waals surface area contributed by atoms with E-state index in [0.29, 0.717) is 0 Å². The van der Waals surface area contributed by atoms with Crippen molar-refractivity contribution in [2.45, 2.75) is 39.5 Å². The van der Waals surface area contributed by atoms with Gasteiger partial charge in [-0.1, -0.05) is 32.9 Å². The molecule has 0 aliphatic heterocycles. The highest BCUT2D eigenvalue weighted by Gasteiger charge is 2.14. The van der Waals surface area contributed by atoms with Crippen LogP contribution in [-0.4, -0.2) is 17.7 Å². The lowest BCUT2D eigenvalue weighted by Gasteiger charge is -2.20. The molecule has 1 N–H and O–H groups in total. The third-order valence-electron chi connectivity index (χ3n) is 2.61. The molecular formula is C14H20O3. The minimum atomic E-state index is -0.839. The molecule has 0 unspecified atom stereocenters. The largest absolute Gasteiger partial charge is 0.493 e. The van der Waals surface area contributed by atoms with E-state index in [1.54, 1.807) is 0 Å². The van der Waals surface area contributed by atoms with Crippen LogP contribution in [0.3, 0.4) is 0 Å². The van der Waals surface area contributed by atoms with E-state index in [0.717, 1.165) is 11.3 Å². The first-order valence-electron chi connectivity index (χ1n) is 5.76. The topological polar surface area (TPSA) is 46.5 Å². The normalized spacial score (nSPS) is 11.3. The van der Waals surface area contributed by atoms with Gasteiger partial charge in [0, 0.05) is 0 Å². The van der Waals surface area contributed by atoms with E-state index < -0.39 is 5.97 Å². The number of hydrogen-bond acceptors (Lipinski definition) is 2. The molecule has 0 amide bonds. The second kappa shape index (κ2) is 5.21. The van der Waals surface area contributed by atoms with Crippen LogP contribution in [0.25, 0.3) is 0 Å². The highest BCUT2D eigenvalue weighted by atomic mass is 16.5. The summed E-state index contributed by atoms with van der Waals surface area (Å²) in [6.45, 7) is 8.67. The summed E-state index contributed by atoms with van der Waals surface area (Å²) >= 11 is 0. The molecule has 3 heteroatoms. The van der Waals surface area contributed by atoms with Gasteiger partial charge in [-0.2, -0.15) is 0 Å². The predicted molar refractivity (Wildman–Crippen MR) is 67.6 cm³/mol. The van der Waals surface area contributed by atoms with E-state index in [4.69, 9.17) is 9.84 Å². The fourth-order valence-corrected chi connectivity index (χ4v) is 1.53. The number of carboxylic acids is 1. The standard InChI is InChI=1S/C14H20O3/c1-10-9-11(14(2,3)4)5-6-12(10)17-8-7-13(15)16/h5-6,9H,7-8H2,1-4H3,(H,15,16). The number of rotatable bonds is 4. The Morgan fingerprint density at radius 1 is 1.35 bits per heavy atom. The number of aliphatic carboxylic acids is 1. The van der Waals surface area contributed by atoms with Crippen LogP contribution in [0.15, 0.2) is 18.2 Å². The Labute approximate surface area is 102 Å². The number of ether oxygens (including phenoxy) is 1.